The molecule has 7 nitrogen and oxygen atoms in total. The summed E-state index contributed by atoms with van der Waals surface area (Å²) in [5.74, 6) is -2.37. The lowest BCUT2D eigenvalue weighted by atomic mass is 10.1. The van der Waals surface area contributed by atoms with Crippen LogP contribution in [-0.4, -0.2) is 19.7 Å². The monoisotopic (exact) mass is 385 g/mol. The third-order valence-electron chi connectivity index (χ3n) is 4.26. The molecule has 0 atom stereocenters. The SMILES string of the molecule is Nc1nc(-c2nn(Cc3ccccc3F)c3c(F)cc(F)cc23)nc(N)c1N. The summed E-state index contributed by atoms with van der Waals surface area (Å²) < 4.78 is 43.7. The Kier molecular flexibility index (Phi) is 4.03. The quantitative estimate of drug-likeness (QED) is 0.498. The van der Waals surface area contributed by atoms with Crippen LogP contribution in [0.1, 0.15) is 5.56 Å². The van der Waals surface area contributed by atoms with Crippen molar-refractivity contribution < 1.29 is 13.2 Å². The van der Waals surface area contributed by atoms with E-state index >= 15 is 0 Å². The number of anilines is 3. The van der Waals surface area contributed by atoms with Gasteiger partial charge in [-0.3, -0.25) is 4.68 Å². The Balaban J connectivity index is 1.97. The Bertz CT molecular complexity index is 1200. The van der Waals surface area contributed by atoms with Crippen LogP contribution in [0.4, 0.5) is 30.5 Å². The van der Waals surface area contributed by atoms with Crippen molar-refractivity contribution in [3.05, 3.63) is 59.4 Å². The molecule has 0 unspecified atom stereocenters. The van der Waals surface area contributed by atoms with Crippen LogP contribution in [0.5, 0.6) is 0 Å². The van der Waals surface area contributed by atoms with Gasteiger partial charge in [0.05, 0.1) is 6.54 Å². The number of benzene rings is 2. The number of aromatic nitrogens is 4. The van der Waals surface area contributed by atoms with E-state index < -0.39 is 17.5 Å². The molecule has 0 aliphatic rings. The predicted molar refractivity (Wildman–Crippen MR) is 99.4 cm³/mol. The molecule has 10 heteroatoms. The van der Waals surface area contributed by atoms with Gasteiger partial charge in [-0.05, 0) is 12.1 Å². The highest BCUT2D eigenvalue weighted by Gasteiger charge is 2.21. The third-order valence-corrected chi connectivity index (χ3v) is 4.26. The summed E-state index contributed by atoms with van der Waals surface area (Å²) in [5, 5.41) is 4.37. The fraction of sp³-hybridized carbons (Fsp3) is 0.0556. The summed E-state index contributed by atoms with van der Waals surface area (Å²) in [6.45, 7) is -0.0916. The van der Waals surface area contributed by atoms with Crippen LogP contribution >= 0.6 is 0 Å². The highest BCUT2D eigenvalue weighted by Crippen LogP contribution is 2.31. The van der Waals surface area contributed by atoms with E-state index in [1.807, 2.05) is 0 Å². The molecule has 2 aromatic carbocycles. The van der Waals surface area contributed by atoms with E-state index in [2.05, 4.69) is 15.1 Å². The summed E-state index contributed by atoms with van der Waals surface area (Å²) in [4.78, 5) is 8.04. The molecule has 2 heterocycles. The van der Waals surface area contributed by atoms with Crippen LogP contribution in [0.2, 0.25) is 0 Å². The Morgan fingerprint density at radius 3 is 2.25 bits per heavy atom. The molecule has 0 aliphatic carbocycles. The van der Waals surface area contributed by atoms with Crippen molar-refractivity contribution in [1.82, 2.24) is 19.7 Å². The lowest BCUT2D eigenvalue weighted by molar-refractivity contribution is 0.572. The van der Waals surface area contributed by atoms with Gasteiger partial charge in [0.1, 0.15) is 28.5 Å². The highest BCUT2D eigenvalue weighted by molar-refractivity contribution is 5.93. The standard InChI is InChI=1S/C18H14F3N7/c19-9-5-10-14(18-25-16(23)13(22)17(24)26-18)27-28(15(10)12(21)6-9)7-8-3-1-2-4-11(8)20/h1-6H,7,22H2,(H4,23,24,25,26). The molecule has 0 aliphatic heterocycles. The molecule has 6 N–H and O–H groups in total. The van der Waals surface area contributed by atoms with Gasteiger partial charge in [-0.15, -0.1) is 0 Å². The van der Waals surface area contributed by atoms with Gasteiger partial charge in [-0.25, -0.2) is 23.1 Å². The van der Waals surface area contributed by atoms with Crippen molar-refractivity contribution in [2.24, 2.45) is 0 Å². The summed E-state index contributed by atoms with van der Waals surface area (Å²) in [7, 11) is 0. The van der Waals surface area contributed by atoms with Crippen LogP contribution < -0.4 is 17.2 Å². The van der Waals surface area contributed by atoms with Gasteiger partial charge < -0.3 is 17.2 Å². The van der Waals surface area contributed by atoms with Crippen molar-refractivity contribution in [2.45, 2.75) is 6.54 Å². The van der Waals surface area contributed by atoms with Crippen LogP contribution in [0.3, 0.4) is 0 Å². The second-order valence-corrected chi connectivity index (χ2v) is 6.11. The van der Waals surface area contributed by atoms with E-state index in [9.17, 15) is 13.2 Å². The maximum atomic E-state index is 14.6. The minimum Gasteiger partial charge on any atom is -0.393 e. The molecule has 0 saturated heterocycles. The number of nitrogen functional groups attached to an aromatic ring is 3. The normalized spacial score (nSPS) is 11.2. The number of rotatable bonds is 3. The van der Waals surface area contributed by atoms with Crippen molar-refractivity contribution in [3.8, 4) is 11.5 Å². The number of hydrogen-bond donors (Lipinski definition) is 3. The molecule has 0 spiro atoms. The topological polar surface area (TPSA) is 122 Å². The fourth-order valence-electron chi connectivity index (χ4n) is 2.91. The van der Waals surface area contributed by atoms with E-state index in [4.69, 9.17) is 17.2 Å². The van der Waals surface area contributed by atoms with Crippen molar-refractivity contribution in [2.75, 3.05) is 17.2 Å². The Hall–Kier alpha value is -3.82. The summed E-state index contributed by atoms with van der Waals surface area (Å²) in [6, 6.07) is 7.81. The molecule has 0 radical (unpaired) electrons. The molecule has 4 aromatic rings. The van der Waals surface area contributed by atoms with Crippen molar-refractivity contribution >= 4 is 28.2 Å². The molecule has 0 bridgehead atoms. The maximum Gasteiger partial charge on any atom is 0.184 e. The second-order valence-electron chi connectivity index (χ2n) is 6.11. The zero-order valence-electron chi connectivity index (χ0n) is 14.3. The first-order valence-corrected chi connectivity index (χ1v) is 8.13. The van der Waals surface area contributed by atoms with Crippen LogP contribution in [0.25, 0.3) is 22.4 Å². The first kappa shape index (κ1) is 17.6. The zero-order chi connectivity index (χ0) is 20.0. The van der Waals surface area contributed by atoms with Crippen LogP contribution in [0, 0.1) is 17.5 Å². The second kappa shape index (κ2) is 6.41. The fourth-order valence-corrected chi connectivity index (χ4v) is 2.91. The number of fused-ring (bicyclic) bond motifs is 1. The highest BCUT2D eigenvalue weighted by atomic mass is 19.1. The smallest absolute Gasteiger partial charge is 0.184 e. The largest absolute Gasteiger partial charge is 0.393 e. The van der Waals surface area contributed by atoms with Gasteiger partial charge in [-0.2, -0.15) is 5.10 Å². The van der Waals surface area contributed by atoms with E-state index in [1.54, 1.807) is 12.1 Å². The van der Waals surface area contributed by atoms with Gasteiger partial charge in [-0.1, -0.05) is 18.2 Å². The Morgan fingerprint density at radius 1 is 0.893 bits per heavy atom. The number of nitrogens with zero attached hydrogens (tertiary/aromatic N) is 4. The number of halogens is 3. The average Bonchev–Trinajstić information content (AvgIpc) is 2.99. The molecule has 142 valence electrons. The van der Waals surface area contributed by atoms with Crippen LogP contribution in [0.15, 0.2) is 36.4 Å². The van der Waals surface area contributed by atoms with Gasteiger partial charge in [0.2, 0.25) is 0 Å². The van der Waals surface area contributed by atoms with Gasteiger partial charge in [0, 0.05) is 17.0 Å². The first-order valence-electron chi connectivity index (χ1n) is 8.13. The summed E-state index contributed by atoms with van der Waals surface area (Å²) in [5.41, 5.74) is 17.4. The average molecular weight is 385 g/mol. The molecule has 0 amide bonds. The van der Waals surface area contributed by atoms with Gasteiger partial charge >= 0.3 is 0 Å². The minimum absolute atomic E-state index is 0.00351. The summed E-state index contributed by atoms with van der Waals surface area (Å²) >= 11 is 0. The van der Waals surface area contributed by atoms with E-state index in [0.717, 1.165) is 12.1 Å². The predicted octanol–water partition coefficient (Wildman–Crippen LogP) is 2.71. The van der Waals surface area contributed by atoms with E-state index in [0.29, 0.717) is 0 Å². The molecule has 4 rings (SSSR count). The molecular weight excluding hydrogens is 371 g/mol. The Morgan fingerprint density at radius 2 is 1.57 bits per heavy atom. The summed E-state index contributed by atoms with van der Waals surface area (Å²) in [6.07, 6.45) is 0. The molecule has 28 heavy (non-hydrogen) atoms. The van der Waals surface area contributed by atoms with Crippen molar-refractivity contribution in [3.63, 3.8) is 0 Å². The number of nitrogens with two attached hydrogens (primary N) is 3. The van der Waals surface area contributed by atoms with Gasteiger partial charge in [0.15, 0.2) is 23.3 Å². The zero-order valence-corrected chi connectivity index (χ0v) is 14.3. The molecule has 0 fully saturated rings. The lowest BCUT2D eigenvalue weighted by Crippen LogP contribution is -2.07. The van der Waals surface area contributed by atoms with E-state index in [1.165, 1.54) is 16.8 Å². The Labute approximate surface area is 156 Å². The first-order chi connectivity index (χ1) is 13.3. The molecule has 2 aromatic heterocycles. The maximum absolute atomic E-state index is 14.6. The number of hydrogen-bond acceptors (Lipinski definition) is 6. The minimum atomic E-state index is -0.860. The van der Waals surface area contributed by atoms with Crippen LogP contribution in [-0.2, 0) is 6.54 Å². The van der Waals surface area contributed by atoms with Crippen molar-refractivity contribution in [1.29, 1.82) is 0 Å². The lowest BCUT2D eigenvalue weighted by Gasteiger charge is -2.06. The molecule has 0 saturated carbocycles. The van der Waals surface area contributed by atoms with E-state index in [-0.39, 0.29) is 51.9 Å². The third kappa shape index (κ3) is 2.84. The molecular formula is C18H14F3N7. The van der Waals surface area contributed by atoms with Gasteiger partial charge in [0.25, 0.3) is 0 Å².